The molecule has 0 aliphatic heterocycles. The molecule has 0 aromatic carbocycles. The number of hydrogen-bond donors (Lipinski definition) is 11. The molecule has 0 fully saturated rings. The summed E-state index contributed by atoms with van der Waals surface area (Å²) in [5.41, 5.74) is 21.9. The molecule has 43 heavy (non-hydrogen) atoms. The molecule has 246 valence electrons. The van der Waals surface area contributed by atoms with E-state index in [9.17, 15) is 43.8 Å². The molecule has 0 saturated carbocycles. The van der Waals surface area contributed by atoms with Crippen molar-refractivity contribution in [3.8, 4) is 0 Å². The van der Waals surface area contributed by atoms with E-state index in [1.54, 1.807) is 0 Å². The van der Waals surface area contributed by atoms with E-state index in [1.165, 1.54) is 6.92 Å². The summed E-state index contributed by atoms with van der Waals surface area (Å²) in [6, 6.07) is -6.02. The predicted molar refractivity (Wildman–Crippen MR) is 153 cm³/mol. The van der Waals surface area contributed by atoms with Gasteiger partial charge in [0.15, 0.2) is 0 Å². The minimum absolute atomic E-state index is 0.247. The van der Waals surface area contributed by atoms with Crippen molar-refractivity contribution in [1.82, 2.24) is 26.6 Å². The molecule has 6 amide bonds. The molecule has 18 nitrogen and oxygen atoms in total. The molecule has 0 aromatic rings. The number of nitrogens with two attached hydrogens (primary N) is 4. The molecule has 15 N–H and O–H groups in total. The van der Waals surface area contributed by atoms with Crippen molar-refractivity contribution >= 4 is 41.4 Å². The van der Waals surface area contributed by atoms with Gasteiger partial charge in [0.05, 0.1) is 19.2 Å². The van der Waals surface area contributed by atoms with Gasteiger partial charge in [0.25, 0.3) is 0 Å². The Labute approximate surface area is 249 Å². The number of nitrogens with one attached hydrogen (secondary N) is 5. The number of aliphatic hydroxyl groups is 1. The van der Waals surface area contributed by atoms with Crippen molar-refractivity contribution in [2.75, 3.05) is 26.2 Å². The van der Waals surface area contributed by atoms with Crippen LogP contribution in [0.15, 0.2) is 0 Å². The normalized spacial score (nSPS) is 14.3. The molecule has 0 aliphatic carbocycles. The number of rotatable bonds is 23. The van der Waals surface area contributed by atoms with Crippen LogP contribution in [0.5, 0.6) is 0 Å². The van der Waals surface area contributed by atoms with Crippen molar-refractivity contribution in [2.45, 2.75) is 88.5 Å². The zero-order valence-corrected chi connectivity index (χ0v) is 24.4. The maximum atomic E-state index is 12.9. The molecule has 0 aliphatic rings. The first-order valence-electron chi connectivity index (χ1n) is 14.0. The first-order valence-corrected chi connectivity index (χ1v) is 14.0. The topological polar surface area (TPSA) is 324 Å². The highest BCUT2D eigenvalue weighted by Gasteiger charge is 2.28. The average molecular weight is 618 g/mol. The summed E-state index contributed by atoms with van der Waals surface area (Å²) in [5, 5.41) is 30.3. The minimum Gasteiger partial charge on any atom is -0.480 e. The van der Waals surface area contributed by atoms with E-state index in [1.807, 2.05) is 0 Å². The molecule has 0 radical (unpaired) electrons. The molecular weight excluding hydrogens is 570 g/mol. The van der Waals surface area contributed by atoms with E-state index in [0.29, 0.717) is 45.2 Å². The smallest absolute Gasteiger partial charge is 0.326 e. The van der Waals surface area contributed by atoms with E-state index in [4.69, 9.17) is 22.9 Å². The Hall–Kier alpha value is -3.87. The number of amides is 6. The zero-order valence-electron chi connectivity index (χ0n) is 24.4. The number of aliphatic carboxylic acids is 1. The van der Waals surface area contributed by atoms with Gasteiger partial charge < -0.3 is 59.7 Å². The fourth-order valence-electron chi connectivity index (χ4n) is 3.64. The van der Waals surface area contributed by atoms with Crippen LogP contribution in [0.2, 0.25) is 0 Å². The second-order valence-electron chi connectivity index (χ2n) is 9.89. The number of carbonyl (C=O) groups excluding carboxylic acids is 6. The number of unbranched alkanes of at least 4 members (excludes halogenated alkanes) is 2. The second kappa shape index (κ2) is 21.8. The molecule has 0 rings (SSSR count). The van der Waals surface area contributed by atoms with Crippen LogP contribution in [0, 0.1) is 0 Å². The summed E-state index contributed by atoms with van der Waals surface area (Å²) in [6.45, 7) is 0.653. The number of primary amides is 1. The van der Waals surface area contributed by atoms with Crippen LogP contribution in [0.1, 0.15) is 58.3 Å². The van der Waals surface area contributed by atoms with Gasteiger partial charge in [-0.15, -0.1) is 0 Å². The van der Waals surface area contributed by atoms with E-state index in [-0.39, 0.29) is 19.3 Å². The third-order valence-electron chi connectivity index (χ3n) is 6.19. The van der Waals surface area contributed by atoms with E-state index >= 15 is 0 Å². The summed E-state index contributed by atoms with van der Waals surface area (Å²) in [6.07, 6.45) is 2.47. The summed E-state index contributed by atoms with van der Waals surface area (Å²) in [7, 11) is 0. The average Bonchev–Trinajstić information content (AvgIpc) is 2.95. The summed E-state index contributed by atoms with van der Waals surface area (Å²) < 4.78 is 0. The van der Waals surface area contributed by atoms with Gasteiger partial charge in [-0.3, -0.25) is 28.8 Å². The SMILES string of the molecule is C[C@H](NC(=O)[C@H](CCCCN)NC(=O)[C@@H](N)CCCCN)C(=O)NCC(=O)N[C@@H](CO)C(=O)N[C@@H](CCC(N)=O)C(=O)O. The molecule has 0 spiro atoms. The lowest BCUT2D eigenvalue weighted by molar-refractivity contribution is -0.142. The third kappa shape index (κ3) is 17.0. The molecule has 5 atom stereocenters. The fraction of sp³-hybridized carbons (Fsp3) is 0.720. The van der Waals surface area contributed by atoms with Gasteiger partial charge in [0.1, 0.15) is 24.2 Å². The van der Waals surface area contributed by atoms with Gasteiger partial charge in [-0.2, -0.15) is 0 Å². The summed E-state index contributed by atoms with van der Waals surface area (Å²) >= 11 is 0. The van der Waals surface area contributed by atoms with E-state index in [0.717, 1.165) is 0 Å². The summed E-state index contributed by atoms with van der Waals surface area (Å²) in [4.78, 5) is 84.7. The van der Waals surface area contributed by atoms with Crippen LogP contribution >= 0.6 is 0 Å². The van der Waals surface area contributed by atoms with E-state index in [2.05, 4.69) is 26.6 Å². The zero-order chi connectivity index (χ0) is 32.9. The Morgan fingerprint density at radius 1 is 0.698 bits per heavy atom. The van der Waals surface area contributed by atoms with Crippen molar-refractivity contribution in [3.05, 3.63) is 0 Å². The highest BCUT2D eigenvalue weighted by Crippen LogP contribution is 2.05. The van der Waals surface area contributed by atoms with Gasteiger partial charge >= 0.3 is 5.97 Å². The van der Waals surface area contributed by atoms with Gasteiger partial charge in [-0.1, -0.05) is 6.42 Å². The van der Waals surface area contributed by atoms with Crippen LogP contribution in [-0.2, 0) is 33.6 Å². The Bertz CT molecular complexity index is 951. The lowest BCUT2D eigenvalue weighted by atomic mass is 10.1. The van der Waals surface area contributed by atoms with Gasteiger partial charge in [-0.25, -0.2) is 4.79 Å². The lowest BCUT2D eigenvalue weighted by Crippen LogP contribution is -2.56. The molecule has 0 bridgehead atoms. The van der Waals surface area contributed by atoms with Crippen LogP contribution in [0.4, 0.5) is 0 Å². The predicted octanol–water partition coefficient (Wildman–Crippen LogP) is -5.01. The maximum absolute atomic E-state index is 12.9. The number of carboxylic acid groups (broad SMARTS) is 1. The Morgan fingerprint density at radius 3 is 1.79 bits per heavy atom. The maximum Gasteiger partial charge on any atom is 0.326 e. The van der Waals surface area contributed by atoms with Crippen molar-refractivity contribution in [3.63, 3.8) is 0 Å². The highest BCUT2D eigenvalue weighted by atomic mass is 16.4. The molecule has 0 unspecified atom stereocenters. The molecular formula is C25H47N9O9. The standard InChI is InChI=1S/C25H47N9O9/c1-14(31-23(40)16(7-3-5-11-27)33-22(39)15(28)6-2-4-10-26)21(38)30-12-20(37)32-18(13-35)24(41)34-17(25(42)43)8-9-19(29)36/h14-18,35H,2-13,26-28H2,1H3,(H2,29,36)(H,30,38)(H,31,40)(H,32,37)(H,33,39)(H,34,41)(H,42,43)/t14-,15-,16-,17-,18-/m0/s1. The highest BCUT2D eigenvalue weighted by molar-refractivity contribution is 5.95. The van der Waals surface area contributed by atoms with Crippen LogP contribution in [0.3, 0.4) is 0 Å². The number of hydrogen-bond acceptors (Lipinski definition) is 11. The quantitative estimate of drug-likeness (QED) is 0.0480. The van der Waals surface area contributed by atoms with Crippen molar-refractivity contribution in [1.29, 1.82) is 0 Å². The molecule has 0 heterocycles. The first-order chi connectivity index (χ1) is 20.3. The van der Waals surface area contributed by atoms with Gasteiger partial charge in [0.2, 0.25) is 35.4 Å². The monoisotopic (exact) mass is 617 g/mol. The minimum atomic E-state index is -1.56. The Balaban J connectivity index is 5.00. The van der Waals surface area contributed by atoms with E-state index < -0.39 is 84.8 Å². The largest absolute Gasteiger partial charge is 0.480 e. The van der Waals surface area contributed by atoms with Crippen molar-refractivity contribution in [2.24, 2.45) is 22.9 Å². The Morgan fingerprint density at radius 2 is 1.26 bits per heavy atom. The van der Waals surface area contributed by atoms with Gasteiger partial charge in [-0.05, 0) is 58.5 Å². The lowest BCUT2D eigenvalue weighted by Gasteiger charge is -2.23. The summed E-state index contributed by atoms with van der Waals surface area (Å²) in [5.74, 6) is -6.11. The van der Waals surface area contributed by atoms with Gasteiger partial charge in [0, 0.05) is 6.42 Å². The van der Waals surface area contributed by atoms with Crippen LogP contribution in [0.25, 0.3) is 0 Å². The number of carbonyl (C=O) groups is 7. The fourth-order valence-corrected chi connectivity index (χ4v) is 3.64. The second-order valence-corrected chi connectivity index (χ2v) is 9.89. The molecule has 18 heteroatoms. The third-order valence-corrected chi connectivity index (χ3v) is 6.19. The molecule has 0 aromatic heterocycles. The number of carboxylic acids is 1. The van der Waals surface area contributed by atoms with Crippen LogP contribution < -0.4 is 49.5 Å². The van der Waals surface area contributed by atoms with Crippen LogP contribution in [-0.4, -0.2) is 108 Å². The van der Waals surface area contributed by atoms with Crippen molar-refractivity contribution < 1.29 is 43.8 Å². The molecule has 0 saturated heterocycles. The first kappa shape index (κ1) is 39.1. The Kier molecular flexibility index (Phi) is 19.8. The number of aliphatic hydroxyl groups excluding tert-OH is 1.